The van der Waals surface area contributed by atoms with E-state index in [0.717, 1.165) is 18.9 Å². The fourth-order valence-corrected chi connectivity index (χ4v) is 1.33. The van der Waals surface area contributed by atoms with Gasteiger partial charge in [-0.2, -0.15) is 0 Å². The van der Waals surface area contributed by atoms with Gasteiger partial charge in [0.2, 0.25) is 0 Å². The molecule has 1 aliphatic carbocycles. The van der Waals surface area contributed by atoms with Crippen LogP contribution in [0.4, 0.5) is 0 Å². The standard InChI is InChI=1S/C10H20O/c1-4-10(8(2)3)11-7-9-5-6-9/h8-10H,4-7H2,1-3H3. The molecule has 1 nitrogen and oxygen atoms in total. The van der Waals surface area contributed by atoms with Crippen LogP contribution in [0.25, 0.3) is 0 Å². The molecule has 0 spiro atoms. The average molecular weight is 156 g/mol. The van der Waals surface area contributed by atoms with Crippen LogP contribution in [0.5, 0.6) is 0 Å². The van der Waals surface area contributed by atoms with Crippen molar-refractivity contribution in [2.45, 2.75) is 46.1 Å². The maximum absolute atomic E-state index is 5.78. The van der Waals surface area contributed by atoms with E-state index in [1.54, 1.807) is 0 Å². The van der Waals surface area contributed by atoms with Gasteiger partial charge in [0.1, 0.15) is 0 Å². The van der Waals surface area contributed by atoms with Crippen LogP contribution in [0.15, 0.2) is 0 Å². The molecule has 0 aromatic rings. The van der Waals surface area contributed by atoms with E-state index in [1.807, 2.05) is 0 Å². The molecule has 0 amide bonds. The van der Waals surface area contributed by atoms with Gasteiger partial charge in [0, 0.05) is 6.61 Å². The number of rotatable bonds is 5. The highest BCUT2D eigenvalue weighted by molar-refractivity contribution is 4.73. The Bertz CT molecular complexity index is 105. The smallest absolute Gasteiger partial charge is 0.0595 e. The van der Waals surface area contributed by atoms with Crippen molar-refractivity contribution >= 4 is 0 Å². The molecule has 66 valence electrons. The molecule has 11 heavy (non-hydrogen) atoms. The molecule has 1 saturated carbocycles. The Morgan fingerprint density at radius 3 is 2.36 bits per heavy atom. The van der Waals surface area contributed by atoms with Crippen LogP contribution in [0.1, 0.15) is 40.0 Å². The lowest BCUT2D eigenvalue weighted by Gasteiger charge is -2.19. The van der Waals surface area contributed by atoms with Crippen molar-refractivity contribution in [3.05, 3.63) is 0 Å². The fourth-order valence-electron chi connectivity index (χ4n) is 1.33. The summed E-state index contributed by atoms with van der Waals surface area (Å²) in [5, 5.41) is 0. The Kier molecular flexibility index (Phi) is 3.38. The predicted molar refractivity (Wildman–Crippen MR) is 47.6 cm³/mol. The van der Waals surface area contributed by atoms with Crippen LogP contribution in [0.3, 0.4) is 0 Å². The van der Waals surface area contributed by atoms with Crippen molar-refractivity contribution in [1.82, 2.24) is 0 Å². The van der Waals surface area contributed by atoms with Gasteiger partial charge in [0.15, 0.2) is 0 Å². The van der Waals surface area contributed by atoms with E-state index in [-0.39, 0.29) is 0 Å². The van der Waals surface area contributed by atoms with Gasteiger partial charge < -0.3 is 4.74 Å². The van der Waals surface area contributed by atoms with Crippen molar-refractivity contribution in [3.63, 3.8) is 0 Å². The van der Waals surface area contributed by atoms with Crippen molar-refractivity contribution in [2.24, 2.45) is 11.8 Å². The Balaban J connectivity index is 2.08. The monoisotopic (exact) mass is 156 g/mol. The Hall–Kier alpha value is -0.0400. The highest BCUT2D eigenvalue weighted by Crippen LogP contribution is 2.29. The zero-order valence-electron chi connectivity index (χ0n) is 7.97. The zero-order chi connectivity index (χ0) is 8.27. The van der Waals surface area contributed by atoms with Crippen molar-refractivity contribution in [3.8, 4) is 0 Å². The summed E-state index contributed by atoms with van der Waals surface area (Å²) in [4.78, 5) is 0. The lowest BCUT2D eigenvalue weighted by atomic mass is 10.1. The van der Waals surface area contributed by atoms with E-state index >= 15 is 0 Å². The quantitative estimate of drug-likeness (QED) is 0.594. The first kappa shape index (κ1) is 9.05. The minimum absolute atomic E-state index is 0.496. The largest absolute Gasteiger partial charge is 0.378 e. The lowest BCUT2D eigenvalue weighted by Crippen LogP contribution is -2.19. The molecule has 0 N–H and O–H groups in total. The Morgan fingerprint density at radius 2 is 2.00 bits per heavy atom. The first-order valence-corrected chi connectivity index (χ1v) is 4.85. The topological polar surface area (TPSA) is 9.23 Å². The average Bonchev–Trinajstić information content (AvgIpc) is 2.72. The van der Waals surface area contributed by atoms with Gasteiger partial charge in [0.05, 0.1) is 6.10 Å². The van der Waals surface area contributed by atoms with E-state index in [1.165, 1.54) is 12.8 Å². The molecule has 0 heterocycles. The molecule has 0 aliphatic heterocycles. The van der Waals surface area contributed by atoms with Crippen molar-refractivity contribution < 1.29 is 4.74 Å². The SMILES string of the molecule is CCC(OCC1CC1)C(C)C. The molecule has 1 rings (SSSR count). The van der Waals surface area contributed by atoms with Gasteiger partial charge >= 0.3 is 0 Å². The lowest BCUT2D eigenvalue weighted by molar-refractivity contribution is 0.0139. The van der Waals surface area contributed by atoms with Gasteiger partial charge in [0.25, 0.3) is 0 Å². The predicted octanol–water partition coefficient (Wildman–Crippen LogP) is 2.85. The number of ether oxygens (including phenoxy) is 1. The van der Waals surface area contributed by atoms with Crippen LogP contribution in [-0.4, -0.2) is 12.7 Å². The normalized spacial score (nSPS) is 20.7. The zero-order valence-corrected chi connectivity index (χ0v) is 7.97. The minimum Gasteiger partial charge on any atom is -0.378 e. The molecule has 1 heteroatoms. The van der Waals surface area contributed by atoms with Crippen LogP contribution >= 0.6 is 0 Å². The summed E-state index contributed by atoms with van der Waals surface area (Å²) in [7, 11) is 0. The van der Waals surface area contributed by atoms with Crippen LogP contribution in [-0.2, 0) is 4.74 Å². The van der Waals surface area contributed by atoms with Crippen LogP contribution in [0.2, 0.25) is 0 Å². The molecule has 1 aliphatic rings. The van der Waals surface area contributed by atoms with Crippen LogP contribution in [0, 0.1) is 11.8 Å². The summed E-state index contributed by atoms with van der Waals surface area (Å²) in [5.41, 5.74) is 0. The highest BCUT2D eigenvalue weighted by atomic mass is 16.5. The van der Waals surface area contributed by atoms with E-state index in [4.69, 9.17) is 4.74 Å². The van der Waals surface area contributed by atoms with Crippen molar-refractivity contribution in [2.75, 3.05) is 6.61 Å². The third kappa shape index (κ3) is 3.24. The summed E-state index contributed by atoms with van der Waals surface area (Å²) in [6.07, 6.45) is 4.45. The van der Waals surface area contributed by atoms with Gasteiger partial charge in [-0.25, -0.2) is 0 Å². The number of hydrogen-bond donors (Lipinski definition) is 0. The van der Waals surface area contributed by atoms with E-state index < -0.39 is 0 Å². The van der Waals surface area contributed by atoms with Crippen LogP contribution < -0.4 is 0 Å². The van der Waals surface area contributed by atoms with Gasteiger partial charge in [-0.15, -0.1) is 0 Å². The second-order valence-corrected chi connectivity index (χ2v) is 3.97. The van der Waals surface area contributed by atoms with E-state index in [0.29, 0.717) is 12.0 Å². The summed E-state index contributed by atoms with van der Waals surface area (Å²) in [6, 6.07) is 0. The molecule has 1 fully saturated rings. The summed E-state index contributed by atoms with van der Waals surface area (Å²) < 4.78 is 5.78. The van der Waals surface area contributed by atoms with Gasteiger partial charge in [-0.05, 0) is 31.1 Å². The molecular weight excluding hydrogens is 136 g/mol. The first-order valence-electron chi connectivity index (χ1n) is 4.85. The second-order valence-electron chi connectivity index (χ2n) is 3.97. The first-order chi connectivity index (χ1) is 5.24. The molecule has 0 aromatic carbocycles. The molecular formula is C10H20O. The molecule has 0 radical (unpaired) electrons. The fraction of sp³-hybridized carbons (Fsp3) is 1.00. The maximum Gasteiger partial charge on any atom is 0.0595 e. The molecule has 0 bridgehead atoms. The Morgan fingerprint density at radius 1 is 1.36 bits per heavy atom. The highest BCUT2D eigenvalue weighted by Gasteiger charge is 2.23. The second kappa shape index (κ2) is 4.10. The van der Waals surface area contributed by atoms with E-state index in [9.17, 15) is 0 Å². The van der Waals surface area contributed by atoms with E-state index in [2.05, 4.69) is 20.8 Å². The maximum atomic E-state index is 5.78. The van der Waals surface area contributed by atoms with Gasteiger partial charge in [-0.1, -0.05) is 20.8 Å². The molecule has 1 unspecified atom stereocenters. The third-order valence-corrected chi connectivity index (χ3v) is 2.39. The third-order valence-electron chi connectivity index (χ3n) is 2.39. The molecule has 0 saturated heterocycles. The molecule has 0 aromatic heterocycles. The summed E-state index contributed by atoms with van der Waals surface area (Å²) >= 11 is 0. The molecule has 1 atom stereocenters. The Labute approximate surface area is 70.1 Å². The van der Waals surface area contributed by atoms with Gasteiger partial charge in [-0.3, -0.25) is 0 Å². The summed E-state index contributed by atoms with van der Waals surface area (Å²) in [5.74, 6) is 1.58. The summed E-state index contributed by atoms with van der Waals surface area (Å²) in [6.45, 7) is 7.69. The number of hydrogen-bond acceptors (Lipinski definition) is 1. The van der Waals surface area contributed by atoms with Crippen molar-refractivity contribution in [1.29, 1.82) is 0 Å². The minimum atomic E-state index is 0.496.